The maximum atomic E-state index is 4.16. The van der Waals surface area contributed by atoms with Crippen molar-refractivity contribution in [2.75, 3.05) is 0 Å². The van der Waals surface area contributed by atoms with Crippen LogP contribution in [0.15, 0.2) is 61.2 Å². The first-order valence-electron chi connectivity index (χ1n) is 5.50. The molecule has 0 amide bonds. The van der Waals surface area contributed by atoms with Crippen molar-refractivity contribution in [1.29, 1.82) is 0 Å². The zero-order valence-corrected chi connectivity index (χ0v) is 9.27. The fraction of sp³-hybridized carbons (Fsp3) is 0.0769. The Labute approximate surface area is 99.1 Å². The van der Waals surface area contributed by atoms with Gasteiger partial charge >= 0.3 is 0 Å². The number of hydrogen-bond donors (Lipinski definition) is 0. The van der Waals surface area contributed by atoms with E-state index in [4.69, 9.17) is 0 Å². The second-order valence-electron chi connectivity index (χ2n) is 3.82. The van der Waals surface area contributed by atoms with E-state index in [2.05, 4.69) is 22.3 Å². The van der Waals surface area contributed by atoms with E-state index in [-0.39, 0.29) is 0 Å². The van der Waals surface area contributed by atoms with Crippen LogP contribution < -0.4 is 0 Å². The van der Waals surface area contributed by atoms with Gasteiger partial charge in [-0.2, -0.15) is 0 Å². The molecule has 3 rings (SSSR count). The number of benzene rings is 1. The molecule has 0 radical (unpaired) electrons. The fourth-order valence-electron chi connectivity index (χ4n) is 1.81. The van der Waals surface area contributed by atoms with Gasteiger partial charge in [0.15, 0.2) is 5.82 Å². The molecule has 17 heavy (non-hydrogen) atoms. The van der Waals surface area contributed by atoms with Gasteiger partial charge in [0, 0.05) is 18.8 Å². The van der Waals surface area contributed by atoms with Crippen LogP contribution in [0.5, 0.6) is 0 Å². The molecule has 4 nitrogen and oxygen atoms in total. The quantitative estimate of drug-likeness (QED) is 0.682. The molecule has 0 spiro atoms. The highest BCUT2D eigenvalue weighted by Gasteiger charge is 2.05. The van der Waals surface area contributed by atoms with E-state index in [0.717, 1.165) is 12.2 Å². The number of nitrogens with zero attached hydrogens (tertiary/aromatic N) is 4. The second kappa shape index (κ2) is 4.25. The molecule has 3 aromatic rings. The lowest BCUT2D eigenvalue weighted by atomic mass is 10.1. The zero-order valence-electron chi connectivity index (χ0n) is 9.27. The Hall–Kier alpha value is -2.36. The van der Waals surface area contributed by atoms with Crippen LogP contribution in [0.2, 0.25) is 0 Å². The maximum absolute atomic E-state index is 4.16. The van der Waals surface area contributed by atoms with Gasteiger partial charge in [0.1, 0.15) is 6.33 Å². The Morgan fingerprint density at radius 3 is 2.47 bits per heavy atom. The Morgan fingerprint density at radius 2 is 1.71 bits per heavy atom. The summed E-state index contributed by atoms with van der Waals surface area (Å²) < 4.78 is 3.89. The van der Waals surface area contributed by atoms with E-state index >= 15 is 0 Å². The molecule has 4 heteroatoms. The van der Waals surface area contributed by atoms with Crippen LogP contribution in [0.4, 0.5) is 0 Å². The van der Waals surface area contributed by atoms with Gasteiger partial charge in [-0.25, -0.2) is 4.68 Å². The van der Waals surface area contributed by atoms with Gasteiger partial charge in [-0.15, -0.1) is 10.2 Å². The van der Waals surface area contributed by atoms with E-state index in [0.29, 0.717) is 0 Å². The lowest BCUT2D eigenvalue weighted by Gasteiger charge is -2.07. The lowest BCUT2D eigenvalue weighted by molar-refractivity contribution is 0.626. The first kappa shape index (κ1) is 9.84. The van der Waals surface area contributed by atoms with Crippen LogP contribution in [0, 0.1) is 0 Å². The molecule has 0 aliphatic rings. The minimum Gasteiger partial charge on any atom is -0.261 e. The largest absolute Gasteiger partial charge is 0.261 e. The predicted octanol–water partition coefficient (Wildman–Crippen LogP) is 1.98. The van der Waals surface area contributed by atoms with E-state index < -0.39 is 0 Å². The molecule has 2 heterocycles. The van der Waals surface area contributed by atoms with Gasteiger partial charge < -0.3 is 0 Å². The Balaban J connectivity index is 1.92. The Bertz CT molecular complexity index is 581. The topological polar surface area (TPSA) is 35.6 Å². The number of aromatic nitrogens is 4. The molecule has 0 saturated carbocycles. The van der Waals surface area contributed by atoms with Gasteiger partial charge in [0.05, 0.1) is 0 Å². The van der Waals surface area contributed by atoms with Crippen LogP contribution in [0.1, 0.15) is 11.4 Å². The van der Waals surface area contributed by atoms with Crippen LogP contribution in [0.25, 0.3) is 0 Å². The average molecular weight is 224 g/mol. The van der Waals surface area contributed by atoms with Gasteiger partial charge in [-0.05, 0) is 17.7 Å². The van der Waals surface area contributed by atoms with E-state index in [1.807, 2.05) is 52.1 Å². The molecule has 2 aromatic heterocycles. The Morgan fingerprint density at radius 1 is 0.941 bits per heavy atom. The Kier molecular flexibility index (Phi) is 2.46. The third kappa shape index (κ3) is 1.97. The molecule has 0 unspecified atom stereocenters. The molecule has 0 atom stereocenters. The second-order valence-corrected chi connectivity index (χ2v) is 3.82. The summed E-state index contributed by atoms with van der Waals surface area (Å²) in [5.74, 6) is 0.924. The summed E-state index contributed by atoms with van der Waals surface area (Å²) in [5.41, 5.74) is 1.23. The molecular weight excluding hydrogens is 212 g/mol. The molecule has 0 N–H and O–H groups in total. The molecule has 84 valence electrons. The van der Waals surface area contributed by atoms with Crippen LogP contribution >= 0.6 is 0 Å². The monoisotopic (exact) mass is 224 g/mol. The van der Waals surface area contributed by atoms with Crippen molar-refractivity contribution in [1.82, 2.24) is 19.5 Å². The average Bonchev–Trinajstić information content (AvgIpc) is 3.00. The fourth-order valence-corrected chi connectivity index (χ4v) is 1.81. The van der Waals surface area contributed by atoms with Gasteiger partial charge in [0.25, 0.3) is 0 Å². The summed E-state index contributed by atoms with van der Waals surface area (Å²) >= 11 is 0. The first-order valence-corrected chi connectivity index (χ1v) is 5.50. The van der Waals surface area contributed by atoms with Crippen LogP contribution in [-0.4, -0.2) is 19.5 Å². The van der Waals surface area contributed by atoms with E-state index in [1.165, 1.54) is 5.56 Å². The minimum atomic E-state index is 0.777. The SMILES string of the molecule is c1ccc(Cc2nncn2-n2cccc2)cc1. The molecule has 1 aromatic carbocycles. The first-order chi connectivity index (χ1) is 8.43. The third-order valence-electron chi connectivity index (χ3n) is 2.64. The lowest BCUT2D eigenvalue weighted by Crippen LogP contribution is -2.10. The summed E-state index contributed by atoms with van der Waals surface area (Å²) in [4.78, 5) is 0. The standard InChI is InChI=1S/C13H12N4/c1-2-6-12(7-3-1)10-13-15-14-11-17(13)16-8-4-5-9-16/h1-9,11H,10H2. The molecule has 0 aliphatic heterocycles. The van der Waals surface area contributed by atoms with Gasteiger partial charge in [-0.1, -0.05) is 30.3 Å². The maximum Gasteiger partial charge on any atom is 0.157 e. The molecule has 0 saturated heterocycles. The molecular formula is C13H12N4. The van der Waals surface area contributed by atoms with E-state index in [1.54, 1.807) is 6.33 Å². The van der Waals surface area contributed by atoms with Crippen LogP contribution in [-0.2, 0) is 6.42 Å². The van der Waals surface area contributed by atoms with Gasteiger partial charge in [0.2, 0.25) is 0 Å². The molecule has 0 aliphatic carbocycles. The van der Waals surface area contributed by atoms with Crippen molar-refractivity contribution in [2.24, 2.45) is 0 Å². The van der Waals surface area contributed by atoms with Crippen molar-refractivity contribution in [2.45, 2.75) is 6.42 Å². The summed E-state index contributed by atoms with van der Waals surface area (Å²) in [7, 11) is 0. The molecule has 0 bridgehead atoms. The van der Waals surface area contributed by atoms with Crippen molar-refractivity contribution in [3.8, 4) is 0 Å². The number of hydrogen-bond acceptors (Lipinski definition) is 2. The van der Waals surface area contributed by atoms with E-state index in [9.17, 15) is 0 Å². The zero-order chi connectivity index (χ0) is 11.5. The van der Waals surface area contributed by atoms with Crippen molar-refractivity contribution in [3.05, 3.63) is 72.6 Å². The van der Waals surface area contributed by atoms with Crippen molar-refractivity contribution in [3.63, 3.8) is 0 Å². The highest BCUT2D eigenvalue weighted by atomic mass is 15.5. The summed E-state index contributed by atoms with van der Waals surface area (Å²) in [6.07, 6.45) is 6.44. The number of rotatable bonds is 3. The highest BCUT2D eigenvalue weighted by Crippen LogP contribution is 2.07. The third-order valence-corrected chi connectivity index (χ3v) is 2.64. The summed E-state index contributed by atoms with van der Waals surface area (Å²) in [5, 5.41) is 8.13. The highest BCUT2D eigenvalue weighted by molar-refractivity contribution is 5.18. The normalized spacial score (nSPS) is 10.6. The molecule has 0 fully saturated rings. The van der Waals surface area contributed by atoms with Gasteiger partial charge in [-0.3, -0.25) is 4.68 Å². The summed E-state index contributed by atoms with van der Waals surface area (Å²) in [6, 6.07) is 14.2. The van der Waals surface area contributed by atoms with Crippen LogP contribution in [0.3, 0.4) is 0 Å². The smallest absolute Gasteiger partial charge is 0.157 e. The predicted molar refractivity (Wildman–Crippen MR) is 64.5 cm³/mol. The summed E-state index contributed by atoms with van der Waals surface area (Å²) in [6.45, 7) is 0. The van der Waals surface area contributed by atoms with Crippen molar-refractivity contribution < 1.29 is 0 Å². The van der Waals surface area contributed by atoms with Crippen molar-refractivity contribution >= 4 is 0 Å². The minimum absolute atomic E-state index is 0.777.